The van der Waals surface area contributed by atoms with E-state index in [4.69, 9.17) is 4.84 Å². The van der Waals surface area contributed by atoms with Gasteiger partial charge in [-0.15, -0.1) is 0 Å². The van der Waals surface area contributed by atoms with Crippen LogP contribution in [-0.4, -0.2) is 26.6 Å². The standard InChI is InChI=1S/C19H22N2O2/c1-20-23-19(22)13-17(14-6-4-3-5-7-14)16-9-8-15-10-11-21(2)18(15)12-16/h3-9,12,17,20H,10-11,13H2,1-2H3. The van der Waals surface area contributed by atoms with Crippen LogP contribution in [0.4, 0.5) is 5.69 Å². The number of hydrogen-bond acceptors (Lipinski definition) is 4. The molecule has 1 N–H and O–H groups in total. The van der Waals surface area contributed by atoms with Crippen molar-refractivity contribution in [3.05, 3.63) is 65.2 Å². The zero-order valence-corrected chi connectivity index (χ0v) is 13.6. The van der Waals surface area contributed by atoms with Gasteiger partial charge in [0.05, 0.1) is 6.42 Å². The zero-order chi connectivity index (χ0) is 16.2. The molecule has 0 fully saturated rings. The summed E-state index contributed by atoms with van der Waals surface area (Å²) < 4.78 is 0. The topological polar surface area (TPSA) is 41.6 Å². The fourth-order valence-electron chi connectivity index (χ4n) is 3.21. The van der Waals surface area contributed by atoms with Crippen LogP contribution in [0.15, 0.2) is 48.5 Å². The highest BCUT2D eigenvalue weighted by Gasteiger charge is 2.22. The summed E-state index contributed by atoms with van der Waals surface area (Å²) in [6.45, 7) is 1.05. The maximum atomic E-state index is 12.0. The first-order valence-corrected chi connectivity index (χ1v) is 7.94. The Bertz CT molecular complexity index is 685. The highest BCUT2D eigenvalue weighted by molar-refractivity contribution is 5.71. The Labute approximate surface area is 137 Å². The van der Waals surface area contributed by atoms with Gasteiger partial charge in [-0.05, 0) is 29.2 Å². The number of hydroxylamine groups is 1. The Morgan fingerprint density at radius 1 is 1.22 bits per heavy atom. The molecule has 2 aromatic carbocycles. The third-order valence-electron chi connectivity index (χ3n) is 4.43. The van der Waals surface area contributed by atoms with E-state index in [1.54, 1.807) is 7.05 Å². The number of rotatable bonds is 5. The third kappa shape index (κ3) is 3.37. The van der Waals surface area contributed by atoms with Crippen LogP contribution in [0.5, 0.6) is 0 Å². The highest BCUT2D eigenvalue weighted by Crippen LogP contribution is 2.34. The van der Waals surface area contributed by atoms with E-state index in [2.05, 4.69) is 47.8 Å². The molecule has 0 radical (unpaired) electrons. The second kappa shape index (κ2) is 6.84. The molecule has 3 rings (SSSR count). The van der Waals surface area contributed by atoms with Gasteiger partial charge in [0.25, 0.3) is 0 Å². The molecule has 120 valence electrons. The maximum absolute atomic E-state index is 12.0. The van der Waals surface area contributed by atoms with Crippen molar-refractivity contribution in [2.45, 2.75) is 18.8 Å². The van der Waals surface area contributed by atoms with Crippen molar-refractivity contribution in [2.24, 2.45) is 0 Å². The molecule has 0 aromatic heterocycles. The number of nitrogens with zero attached hydrogens (tertiary/aromatic N) is 1. The van der Waals surface area contributed by atoms with Crippen LogP contribution in [0, 0.1) is 0 Å². The van der Waals surface area contributed by atoms with E-state index in [1.165, 1.54) is 11.3 Å². The monoisotopic (exact) mass is 310 g/mol. The Balaban J connectivity index is 1.95. The second-order valence-corrected chi connectivity index (χ2v) is 5.91. The van der Waals surface area contributed by atoms with Crippen molar-refractivity contribution in [1.29, 1.82) is 0 Å². The van der Waals surface area contributed by atoms with Crippen molar-refractivity contribution >= 4 is 11.7 Å². The van der Waals surface area contributed by atoms with Crippen LogP contribution in [-0.2, 0) is 16.1 Å². The van der Waals surface area contributed by atoms with Gasteiger partial charge in [0.1, 0.15) is 0 Å². The normalized spacial score (nSPS) is 14.4. The van der Waals surface area contributed by atoms with Crippen molar-refractivity contribution in [1.82, 2.24) is 5.48 Å². The lowest BCUT2D eigenvalue weighted by Gasteiger charge is -2.20. The molecule has 1 unspecified atom stereocenters. The first kappa shape index (κ1) is 15.6. The fraction of sp³-hybridized carbons (Fsp3) is 0.316. The molecule has 0 bridgehead atoms. The van der Waals surface area contributed by atoms with Gasteiger partial charge in [-0.3, -0.25) is 4.79 Å². The van der Waals surface area contributed by atoms with E-state index in [-0.39, 0.29) is 11.9 Å². The molecule has 1 aliphatic rings. The smallest absolute Gasteiger partial charge is 0.325 e. The van der Waals surface area contributed by atoms with Crippen LogP contribution in [0.25, 0.3) is 0 Å². The lowest BCUT2D eigenvalue weighted by atomic mass is 9.87. The molecular formula is C19H22N2O2. The molecule has 0 amide bonds. The molecular weight excluding hydrogens is 288 g/mol. The van der Waals surface area contributed by atoms with Gasteiger partial charge in [-0.25, -0.2) is 0 Å². The lowest BCUT2D eigenvalue weighted by Crippen LogP contribution is -2.18. The van der Waals surface area contributed by atoms with Crippen molar-refractivity contribution < 1.29 is 9.63 Å². The van der Waals surface area contributed by atoms with Gasteiger partial charge in [0, 0.05) is 32.2 Å². The molecule has 1 heterocycles. The summed E-state index contributed by atoms with van der Waals surface area (Å²) in [7, 11) is 3.71. The zero-order valence-electron chi connectivity index (χ0n) is 13.6. The van der Waals surface area contributed by atoms with Crippen molar-refractivity contribution in [3.8, 4) is 0 Å². The summed E-state index contributed by atoms with van der Waals surface area (Å²) in [6.07, 6.45) is 1.40. The molecule has 0 spiro atoms. The molecule has 4 heteroatoms. The minimum absolute atomic E-state index is 0.00338. The Hall–Kier alpha value is -2.33. The Morgan fingerprint density at radius 2 is 2.00 bits per heavy atom. The van der Waals surface area contributed by atoms with Gasteiger partial charge in [-0.1, -0.05) is 42.5 Å². The number of anilines is 1. The minimum Gasteiger partial charge on any atom is -0.374 e. The van der Waals surface area contributed by atoms with Crippen molar-refractivity contribution in [3.63, 3.8) is 0 Å². The maximum Gasteiger partial charge on any atom is 0.325 e. The first-order chi connectivity index (χ1) is 11.2. The fourth-order valence-corrected chi connectivity index (χ4v) is 3.21. The largest absolute Gasteiger partial charge is 0.374 e. The summed E-state index contributed by atoms with van der Waals surface area (Å²) in [5, 5.41) is 0. The first-order valence-electron chi connectivity index (χ1n) is 7.94. The van der Waals surface area contributed by atoms with E-state index in [0.717, 1.165) is 24.1 Å². The predicted molar refractivity (Wildman–Crippen MR) is 91.5 cm³/mol. The number of hydrogen-bond donors (Lipinski definition) is 1. The van der Waals surface area contributed by atoms with Crippen LogP contribution in [0.2, 0.25) is 0 Å². The summed E-state index contributed by atoms with van der Waals surface area (Å²) in [6, 6.07) is 16.7. The number of carbonyl (C=O) groups is 1. The summed E-state index contributed by atoms with van der Waals surface area (Å²) in [4.78, 5) is 19.2. The van der Waals surface area contributed by atoms with Crippen LogP contribution in [0.3, 0.4) is 0 Å². The quantitative estimate of drug-likeness (QED) is 0.862. The van der Waals surface area contributed by atoms with Gasteiger partial charge < -0.3 is 9.74 Å². The van der Waals surface area contributed by atoms with E-state index in [0.29, 0.717) is 6.42 Å². The predicted octanol–water partition coefficient (Wildman–Crippen LogP) is 2.88. The summed E-state index contributed by atoms with van der Waals surface area (Å²) in [5.41, 5.74) is 7.39. The number of nitrogens with one attached hydrogen (secondary N) is 1. The molecule has 4 nitrogen and oxygen atoms in total. The molecule has 1 aliphatic heterocycles. The molecule has 0 saturated heterocycles. The van der Waals surface area contributed by atoms with Gasteiger partial charge >= 0.3 is 5.97 Å². The van der Waals surface area contributed by atoms with E-state index < -0.39 is 0 Å². The van der Waals surface area contributed by atoms with Gasteiger partial charge in [0.2, 0.25) is 0 Å². The number of benzene rings is 2. The van der Waals surface area contributed by atoms with E-state index in [9.17, 15) is 4.79 Å². The van der Waals surface area contributed by atoms with Gasteiger partial charge in [-0.2, -0.15) is 5.48 Å². The SMILES string of the molecule is CNOC(=O)CC(c1ccccc1)c1ccc2c(c1)N(C)CC2. The third-order valence-corrected chi connectivity index (χ3v) is 4.43. The second-order valence-electron chi connectivity index (χ2n) is 5.91. The van der Waals surface area contributed by atoms with Crippen LogP contribution >= 0.6 is 0 Å². The number of likely N-dealkylation sites (N-methyl/N-ethyl adjacent to an activating group) is 1. The Morgan fingerprint density at radius 3 is 2.74 bits per heavy atom. The molecule has 2 aromatic rings. The number of fused-ring (bicyclic) bond motifs is 1. The van der Waals surface area contributed by atoms with E-state index in [1.807, 2.05) is 18.2 Å². The highest BCUT2D eigenvalue weighted by atomic mass is 16.7. The van der Waals surface area contributed by atoms with Gasteiger partial charge in [0.15, 0.2) is 0 Å². The van der Waals surface area contributed by atoms with Crippen LogP contribution < -0.4 is 10.4 Å². The lowest BCUT2D eigenvalue weighted by molar-refractivity contribution is -0.150. The average molecular weight is 310 g/mol. The minimum atomic E-state index is -0.254. The number of carbonyl (C=O) groups excluding carboxylic acids is 1. The summed E-state index contributed by atoms with van der Waals surface area (Å²) >= 11 is 0. The van der Waals surface area contributed by atoms with Crippen molar-refractivity contribution in [2.75, 3.05) is 25.5 Å². The van der Waals surface area contributed by atoms with E-state index >= 15 is 0 Å². The summed E-state index contributed by atoms with van der Waals surface area (Å²) in [5.74, 6) is -0.258. The molecule has 0 saturated carbocycles. The molecule has 0 aliphatic carbocycles. The Kier molecular flexibility index (Phi) is 4.63. The van der Waals surface area contributed by atoms with Crippen LogP contribution in [0.1, 0.15) is 29.0 Å². The molecule has 23 heavy (non-hydrogen) atoms. The average Bonchev–Trinajstić information content (AvgIpc) is 2.94. The molecule has 1 atom stereocenters.